The third-order valence-corrected chi connectivity index (χ3v) is 5.33. The highest BCUT2D eigenvalue weighted by Gasteiger charge is 2.14. The lowest BCUT2D eigenvalue weighted by molar-refractivity contribution is -0.115. The zero-order valence-electron chi connectivity index (χ0n) is 15.0. The third-order valence-electron chi connectivity index (χ3n) is 4.16. The first-order chi connectivity index (χ1) is 12.4. The summed E-state index contributed by atoms with van der Waals surface area (Å²) in [5, 5.41) is 6.55. The van der Waals surface area contributed by atoms with Gasteiger partial charge in [0.15, 0.2) is 0 Å². The van der Waals surface area contributed by atoms with Gasteiger partial charge in [0.05, 0.1) is 12.1 Å². The van der Waals surface area contributed by atoms with Gasteiger partial charge in [0.1, 0.15) is 5.01 Å². The van der Waals surface area contributed by atoms with Crippen molar-refractivity contribution >= 4 is 34.5 Å². The second kappa shape index (κ2) is 8.02. The number of hydrogen-bond donors (Lipinski definition) is 1. The molecule has 0 fully saturated rings. The van der Waals surface area contributed by atoms with Crippen molar-refractivity contribution in [3.05, 3.63) is 69.7 Å². The molecule has 3 nitrogen and oxygen atoms in total. The maximum absolute atomic E-state index is 12.5. The molecule has 0 aliphatic rings. The fourth-order valence-corrected chi connectivity index (χ4v) is 3.84. The van der Waals surface area contributed by atoms with Crippen LogP contribution in [0.5, 0.6) is 0 Å². The van der Waals surface area contributed by atoms with Crippen LogP contribution in [0.1, 0.15) is 36.6 Å². The fourth-order valence-electron chi connectivity index (χ4n) is 2.83. The molecule has 2 aromatic carbocycles. The Kier molecular flexibility index (Phi) is 5.74. The summed E-state index contributed by atoms with van der Waals surface area (Å²) < 4.78 is 0. The minimum Gasteiger partial charge on any atom is -0.325 e. The van der Waals surface area contributed by atoms with Crippen LogP contribution in [0, 0.1) is 6.92 Å². The summed E-state index contributed by atoms with van der Waals surface area (Å²) in [5.74, 6) is 0.294. The van der Waals surface area contributed by atoms with Gasteiger partial charge in [-0.3, -0.25) is 4.79 Å². The second-order valence-electron chi connectivity index (χ2n) is 6.57. The number of amides is 1. The van der Waals surface area contributed by atoms with Crippen molar-refractivity contribution in [1.82, 2.24) is 4.98 Å². The van der Waals surface area contributed by atoms with Gasteiger partial charge < -0.3 is 5.32 Å². The minimum atomic E-state index is -0.0517. The van der Waals surface area contributed by atoms with Crippen LogP contribution < -0.4 is 5.32 Å². The van der Waals surface area contributed by atoms with Crippen molar-refractivity contribution in [1.29, 1.82) is 0 Å². The summed E-state index contributed by atoms with van der Waals surface area (Å²) in [6.45, 7) is 6.27. The molecular formula is C21H21ClN2OS. The number of hydrogen-bond acceptors (Lipinski definition) is 3. The molecule has 1 aromatic heterocycles. The van der Waals surface area contributed by atoms with E-state index in [1.807, 2.05) is 48.7 Å². The van der Waals surface area contributed by atoms with Crippen molar-refractivity contribution < 1.29 is 4.79 Å². The Labute approximate surface area is 163 Å². The maximum atomic E-state index is 12.5. The van der Waals surface area contributed by atoms with Crippen molar-refractivity contribution in [3.63, 3.8) is 0 Å². The largest absolute Gasteiger partial charge is 0.325 e. The lowest BCUT2D eigenvalue weighted by Crippen LogP contribution is -2.17. The summed E-state index contributed by atoms with van der Waals surface area (Å²) in [6, 6.07) is 13.7. The number of aromatic nitrogens is 1. The number of para-hydroxylation sites is 1. The van der Waals surface area contributed by atoms with Crippen LogP contribution in [0.15, 0.2) is 47.8 Å². The molecule has 3 rings (SSSR count). The number of rotatable bonds is 5. The van der Waals surface area contributed by atoms with Crippen LogP contribution in [0.2, 0.25) is 5.02 Å². The molecular weight excluding hydrogens is 364 g/mol. The van der Waals surface area contributed by atoms with Gasteiger partial charge in [0.2, 0.25) is 5.91 Å². The van der Waals surface area contributed by atoms with E-state index in [0.717, 1.165) is 33.1 Å². The van der Waals surface area contributed by atoms with Gasteiger partial charge in [-0.2, -0.15) is 0 Å². The first kappa shape index (κ1) is 18.6. The molecule has 0 radical (unpaired) electrons. The number of halogens is 1. The topological polar surface area (TPSA) is 42.0 Å². The van der Waals surface area contributed by atoms with E-state index < -0.39 is 0 Å². The zero-order valence-corrected chi connectivity index (χ0v) is 16.6. The Balaban J connectivity index is 1.74. The van der Waals surface area contributed by atoms with Crippen molar-refractivity contribution in [3.8, 4) is 10.6 Å². The highest BCUT2D eigenvalue weighted by Crippen LogP contribution is 2.28. The molecule has 0 bridgehead atoms. The number of benzene rings is 2. The standard InChI is InChI=1S/C21H21ClN2OS/c1-13(2)18-9-4-6-14(3)20(18)24-19(25)11-17-12-26-21(23-17)15-7-5-8-16(22)10-15/h4-10,12-13H,11H2,1-3H3,(H,24,25). The number of nitrogens with zero attached hydrogens (tertiary/aromatic N) is 1. The lowest BCUT2D eigenvalue weighted by Gasteiger charge is -2.16. The van der Waals surface area contributed by atoms with E-state index in [0.29, 0.717) is 10.9 Å². The molecule has 0 unspecified atom stereocenters. The van der Waals surface area contributed by atoms with Gasteiger partial charge in [-0.25, -0.2) is 4.98 Å². The number of carbonyl (C=O) groups is 1. The Morgan fingerprint density at radius 3 is 2.73 bits per heavy atom. The molecule has 0 saturated carbocycles. The number of nitrogens with one attached hydrogen (secondary N) is 1. The average Bonchev–Trinajstić information content (AvgIpc) is 3.05. The van der Waals surface area contributed by atoms with E-state index in [-0.39, 0.29) is 12.3 Å². The summed E-state index contributed by atoms with van der Waals surface area (Å²) in [7, 11) is 0. The Hall–Kier alpha value is -2.17. The zero-order chi connectivity index (χ0) is 18.7. The number of anilines is 1. The SMILES string of the molecule is Cc1cccc(C(C)C)c1NC(=O)Cc1csc(-c2cccc(Cl)c2)n1. The first-order valence-electron chi connectivity index (χ1n) is 8.53. The normalized spacial score (nSPS) is 11.0. The van der Waals surface area contributed by atoms with Crippen molar-refractivity contribution in [2.75, 3.05) is 5.32 Å². The number of aryl methyl sites for hydroxylation is 1. The molecule has 0 atom stereocenters. The minimum absolute atomic E-state index is 0.0517. The van der Waals surface area contributed by atoms with E-state index >= 15 is 0 Å². The molecule has 0 aliphatic carbocycles. The molecule has 3 aromatic rings. The Morgan fingerprint density at radius 2 is 2.00 bits per heavy atom. The monoisotopic (exact) mass is 384 g/mol. The van der Waals surface area contributed by atoms with E-state index in [4.69, 9.17) is 11.6 Å². The second-order valence-corrected chi connectivity index (χ2v) is 7.87. The van der Waals surface area contributed by atoms with Gasteiger partial charge in [0.25, 0.3) is 0 Å². The van der Waals surface area contributed by atoms with E-state index in [1.165, 1.54) is 11.3 Å². The highest BCUT2D eigenvalue weighted by atomic mass is 35.5. The molecule has 1 amide bonds. The van der Waals surface area contributed by atoms with Crippen molar-refractivity contribution in [2.24, 2.45) is 0 Å². The fraction of sp³-hybridized carbons (Fsp3) is 0.238. The van der Waals surface area contributed by atoms with Crippen LogP contribution in [0.4, 0.5) is 5.69 Å². The quantitative estimate of drug-likeness (QED) is 0.579. The molecule has 5 heteroatoms. The molecule has 26 heavy (non-hydrogen) atoms. The van der Waals surface area contributed by atoms with E-state index in [2.05, 4.69) is 30.2 Å². The van der Waals surface area contributed by atoms with Crippen molar-refractivity contribution in [2.45, 2.75) is 33.1 Å². The summed E-state index contributed by atoms with van der Waals surface area (Å²) in [6.07, 6.45) is 0.253. The molecule has 134 valence electrons. The smallest absolute Gasteiger partial charge is 0.230 e. The summed E-state index contributed by atoms with van der Waals surface area (Å²) in [4.78, 5) is 17.1. The van der Waals surface area contributed by atoms with Gasteiger partial charge in [-0.15, -0.1) is 11.3 Å². The predicted octanol–water partition coefficient (Wildman–Crippen LogP) is 6.08. The van der Waals surface area contributed by atoms with Crippen LogP contribution in [-0.2, 0) is 11.2 Å². The van der Waals surface area contributed by atoms with Gasteiger partial charge >= 0.3 is 0 Å². The summed E-state index contributed by atoms with van der Waals surface area (Å²) in [5.41, 5.74) is 4.87. The van der Waals surface area contributed by atoms with Gasteiger partial charge in [-0.1, -0.05) is 55.8 Å². The number of thiazole rings is 1. The molecule has 1 heterocycles. The van der Waals surface area contributed by atoms with Gasteiger partial charge in [-0.05, 0) is 36.1 Å². The van der Waals surface area contributed by atoms with Crippen LogP contribution in [0.3, 0.4) is 0 Å². The Bertz CT molecular complexity index is 933. The number of carbonyl (C=O) groups excluding carboxylic acids is 1. The molecule has 1 N–H and O–H groups in total. The van der Waals surface area contributed by atoms with E-state index in [9.17, 15) is 4.79 Å². The van der Waals surface area contributed by atoms with Crippen LogP contribution in [-0.4, -0.2) is 10.9 Å². The summed E-state index contributed by atoms with van der Waals surface area (Å²) >= 11 is 7.57. The third kappa shape index (κ3) is 4.32. The predicted molar refractivity (Wildman–Crippen MR) is 110 cm³/mol. The van der Waals surface area contributed by atoms with Crippen LogP contribution >= 0.6 is 22.9 Å². The highest BCUT2D eigenvalue weighted by molar-refractivity contribution is 7.13. The van der Waals surface area contributed by atoms with Crippen LogP contribution in [0.25, 0.3) is 10.6 Å². The molecule has 0 aliphatic heterocycles. The van der Waals surface area contributed by atoms with E-state index in [1.54, 1.807) is 0 Å². The van der Waals surface area contributed by atoms with Gasteiger partial charge in [0, 0.05) is 21.7 Å². The first-order valence-corrected chi connectivity index (χ1v) is 9.79. The molecule has 0 spiro atoms. The maximum Gasteiger partial charge on any atom is 0.230 e. The lowest BCUT2D eigenvalue weighted by atomic mass is 9.98. The molecule has 0 saturated heterocycles. The Morgan fingerprint density at radius 1 is 1.23 bits per heavy atom. The average molecular weight is 385 g/mol.